The van der Waals surface area contributed by atoms with Crippen LogP contribution in [0.5, 0.6) is 0 Å². The van der Waals surface area contributed by atoms with Gasteiger partial charge in [-0.25, -0.2) is 13.8 Å². The average molecular weight is 528 g/mol. The van der Waals surface area contributed by atoms with Crippen molar-refractivity contribution in [1.29, 1.82) is 0 Å². The van der Waals surface area contributed by atoms with Crippen LogP contribution in [0.4, 0.5) is 8.78 Å². The third kappa shape index (κ3) is 4.97. The number of rotatable bonds is 3. The molecule has 0 N–H and O–H groups in total. The Morgan fingerprint density at radius 3 is 2.39 bits per heavy atom. The molecule has 1 aliphatic carbocycles. The van der Waals surface area contributed by atoms with Gasteiger partial charge >= 0.3 is 0 Å². The smallest absolute Gasteiger partial charge is 0.290 e. The summed E-state index contributed by atoms with van der Waals surface area (Å²) in [4.78, 5) is 34.8. The Morgan fingerprint density at radius 2 is 1.79 bits per heavy atom. The molecule has 38 heavy (non-hydrogen) atoms. The Balaban J connectivity index is 1.42. The van der Waals surface area contributed by atoms with E-state index < -0.39 is 11.5 Å². The number of halogens is 2. The summed E-state index contributed by atoms with van der Waals surface area (Å²) in [7, 11) is 0. The third-order valence-electron chi connectivity index (χ3n) is 7.88. The molecular formula is C28H35F2N5O3. The second-order valence-corrected chi connectivity index (χ2v) is 12.3. The first kappa shape index (κ1) is 26.4. The molecule has 5 rings (SSSR count). The van der Waals surface area contributed by atoms with E-state index in [0.717, 1.165) is 11.3 Å². The van der Waals surface area contributed by atoms with Crippen molar-refractivity contribution in [3.05, 3.63) is 29.2 Å². The molecule has 0 unspecified atom stereocenters. The van der Waals surface area contributed by atoms with Gasteiger partial charge in [-0.1, -0.05) is 20.8 Å². The number of hydrogen-bond donors (Lipinski definition) is 0. The maximum absolute atomic E-state index is 13.8. The first-order chi connectivity index (χ1) is 17.7. The number of alkyl halides is 2. The number of pyridine rings is 1. The van der Waals surface area contributed by atoms with Gasteiger partial charge in [-0.3, -0.25) is 9.59 Å². The van der Waals surface area contributed by atoms with Crippen molar-refractivity contribution in [3.63, 3.8) is 0 Å². The molecule has 2 aliphatic heterocycles. The number of fused-ring (bicyclic) bond motifs is 1. The summed E-state index contributed by atoms with van der Waals surface area (Å²) in [6.07, 6.45) is 2.52. The van der Waals surface area contributed by atoms with Gasteiger partial charge in [0.2, 0.25) is 5.92 Å². The highest BCUT2D eigenvalue weighted by Crippen LogP contribution is 2.42. The molecule has 2 aromatic heterocycles. The van der Waals surface area contributed by atoms with E-state index in [2.05, 4.69) is 31.0 Å². The zero-order valence-corrected chi connectivity index (χ0v) is 22.7. The van der Waals surface area contributed by atoms with Crippen LogP contribution in [0, 0.1) is 0 Å². The summed E-state index contributed by atoms with van der Waals surface area (Å²) in [5.74, 6) is -2.89. The zero-order chi connectivity index (χ0) is 27.5. The molecule has 8 nitrogen and oxygen atoms in total. The Labute approximate surface area is 221 Å². The summed E-state index contributed by atoms with van der Waals surface area (Å²) in [6, 6.07) is 3.64. The van der Waals surface area contributed by atoms with Crippen molar-refractivity contribution in [2.45, 2.75) is 89.5 Å². The second kappa shape index (κ2) is 9.24. The van der Waals surface area contributed by atoms with Crippen LogP contribution in [-0.4, -0.2) is 69.6 Å². The highest BCUT2D eigenvalue weighted by atomic mass is 19.3. The number of nitrogens with zero attached hydrogens (tertiary/aromatic N) is 5. The Morgan fingerprint density at radius 1 is 1.08 bits per heavy atom. The topological polar surface area (TPSA) is 91.4 Å². The highest BCUT2D eigenvalue weighted by molar-refractivity contribution is 6.41. The van der Waals surface area contributed by atoms with Gasteiger partial charge in [-0.05, 0) is 38.2 Å². The number of amides is 2. The van der Waals surface area contributed by atoms with Crippen molar-refractivity contribution >= 4 is 34.8 Å². The minimum absolute atomic E-state index is 0.0476. The maximum atomic E-state index is 13.8. The van der Waals surface area contributed by atoms with Crippen molar-refractivity contribution < 1.29 is 22.8 Å². The molecule has 0 bridgehead atoms. The summed E-state index contributed by atoms with van der Waals surface area (Å²) < 4.78 is 33.7. The molecule has 0 atom stereocenters. The van der Waals surface area contributed by atoms with E-state index in [9.17, 15) is 18.4 Å². The SMILES string of the molecule is CC(C)(C)c1cc(C2CCC(F)(F)CC2)nc2cc(C(=O)N3CCN(C(=O)C4=NN=CC4)CC3(C)C)oc12. The van der Waals surface area contributed by atoms with E-state index in [1.807, 2.05) is 19.9 Å². The first-order valence-corrected chi connectivity index (χ1v) is 13.3. The van der Waals surface area contributed by atoms with Crippen LogP contribution in [-0.2, 0) is 10.2 Å². The number of carbonyl (C=O) groups excluding carboxylic acids is 2. The second-order valence-electron chi connectivity index (χ2n) is 12.3. The minimum atomic E-state index is -2.61. The van der Waals surface area contributed by atoms with E-state index >= 15 is 0 Å². The standard InChI is InChI=1S/C28H35F2N5O3/c1-26(2,3)18-14-20(17-6-9-28(29,30)10-7-17)32-21-15-22(38-23(18)21)25(37)35-13-12-34(16-27(35,4)5)24(36)19-8-11-31-33-19/h11,14-15,17H,6-10,12-13,16H2,1-5H3. The molecule has 2 fully saturated rings. The lowest BCUT2D eigenvalue weighted by Gasteiger charge is -2.46. The highest BCUT2D eigenvalue weighted by Gasteiger charge is 2.41. The maximum Gasteiger partial charge on any atom is 0.290 e. The summed E-state index contributed by atoms with van der Waals surface area (Å²) in [5, 5.41) is 7.70. The van der Waals surface area contributed by atoms with Gasteiger partial charge < -0.3 is 14.2 Å². The van der Waals surface area contributed by atoms with E-state index in [1.54, 1.807) is 22.1 Å². The normalized spacial score (nSPS) is 21.7. The Hall–Kier alpha value is -3.17. The number of furan rings is 1. The largest absolute Gasteiger partial charge is 0.449 e. The quantitative estimate of drug-likeness (QED) is 0.541. The van der Waals surface area contributed by atoms with Gasteiger partial charge in [0.25, 0.3) is 11.8 Å². The fourth-order valence-corrected chi connectivity index (χ4v) is 5.68. The fourth-order valence-electron chi connectivity index (χ4n) is 5.68. The van der Waals surface area contributed by atoms with Crippen LogP contribution in [0.3, 0.4) is 0 Å². The number of carbonyl (C=O) groups is 2. The summed E-state index contributed by atoms with van der Waals surface area (Å²) in [6.45, 7) is 11.1. The van der Waals surface area contributed by atoms with Crippen molar-refractivity contribution in [1.82, 2.24) is 14.8 Å². The van der Waals surface area contributed by atoms with Gasteiger partial charge in [0.1, 0.15) is 11.2 Å². The van der Waals surface area contributed by atoms with Crippen LogP contribution >= 0.6 is 0 Å². The molecular weight excluding hydrogens is 492 g/mol. The van der Waals surface area contributed by atoms with Crippen molar-refractivity contribution in [3.8, 4) is 0 Å². The predicted molar refractivity (Wildman–Crippen MR) is 141 cm³/mol. The first-order valence-electron chi connectivity index (χ1n) is 13.3. The van der Waals surface area contributed by atoms with Gasteiger partial charge in [-0.2, -0.15) is 5.10 Å². The van der Waals surface area contributed by atoms with E-state index in [0.29, 0.717) is 55.7 Å². The molecule has 10 heteroatoms. The average Bonchev–Trinajstić information content (AvgIpc) is 3.51. The van der Waals surface area contributed by atoms with Crippen LogP contribution in [0.15, 0.2) is 26.8 Å². The minimum Gasteiger partial charge on any atom is -0.449 e. The van der Waals surface area contributed by atoms with Crippen LogP contribution in [0.2, 0.25) is 0 Å². The van der Waals surface area contributed by atoms with Gasteiger partial charge in [0.15, 0.2) is 11.3 Å². The van der Waals surface area contributed by atoms with Crippen molar-refractivity contribution in [2.75, 3.05) is 19.6 Å². The summed E-state index contributed by atoms with van der Waals surface area (Å²) in [5.41, 5.74) is 2.28. The van der Waals surface area contributed by atoms with Gasteiger partial charge in [0, 0.05) is 68.4 Å². The Kier molecular flexibility index (Phi) is 6.43. The molecule has 1 saturated heterocycles. The number of aromatic nitrogens is 1. The van der Waals surface area contributed by atoms with Gasteiger partial charge in [0.05, 0.1) is 5.54 Å². The third-order valence-corrected chi connectivity index (χ3v) is 7.88. The van der Waals surface area contributed by atoms with E-state index in [-0.39, 0.29) is 41.7 Å². The zero-order valence-electron chi connectivity index (χ0n) is 22.7. The van der Waals surface area contributed by atoms with Crippen LogP contribution in [0.1, 0.15) is 94.5 Å². The molecule has 0 radical (unpaired) electrons. The molecule has 0 spiro atoms. The van der Waals surface area contributed by atoms with Crippen LogP contribution in [0.25, 0.3) is 11.1 Å². The molecule has 204 valence electrons. The van der Waals surface area contributed by atoms with E-state index in [4.69, 9.17) is 9.40 Å². The number of hydrogen-bond acceptors (Lipinski definition) is 6. The lowest BCUT2D eigenvalue weighted by atomic mass is 9.81. The predicted octanol–water partition coefficient (Wildman–Crippen LogP) is 5.31. The van der Waals surface area contributed by atoms with Crippen LogP contribution < -0.4 is 0 Å². The number of piperazine rings is 1. The monoisotopic (exact) mass is 527 g/mol. The molecule has 4 heterocycles. The Bertz CT molecular complexity index is 1330. The molecule has 2 amide bonds. The summed E-state index contributed by atoms with van der Waals surface area (Å²) >= 11 is 0. The molecule has 1 saturated carbocycles. The lowest BCUT2D eigenvalue weighted by molar-refractivity contribution is -0.128. The fraction of sp³-hybridized carbons (Fsp3) is 0.607. The molecule has 2 aromatic rings. The van der Waals surface area contributed by atoms with Gasteiger partial charge in [-0.15, -0.1) is 5.10 Å². The molecule has 0 aromatic carbocycles. The lowest BCUT2D eigenvalue weighted by Crippen LogP contribution is -2.62. The molecule has 3 aliphatic rings. The van der Waals surface area contributed by atoms with E-state index in [1.165, 1.54) is 0 Å². The van der Waals surface area contributed by atoms with Crippen molar-refractivity contribution in [2.24, 2.45) is 10.2 Å².